The Labute approximate surface area is 129 Å². The molecular weight excluding hydrogens is 337 g/mol. The molecule has 10 heteroatoms. The molecule has 1 atom stereocenters. The Hall–Kier alpha value is -2.12. The van der Waals surface area contributed by atoms with Crippen LogP contribution in [0.4, 0.5) is 13.2 Å². The molecule has 1 aromatic carbocycles. The molecule has 124 valence electrons. The number of hydrogen-bond donors (Lipinski definition) is 1. The number of alkyl halides is 3. The zero-order valence-electron chi connectivity index (χ0n) is 11.5. The predicted octanol–water partition coefficient (Wildman–Crippen LogP) is 1.67. The van der Waals surface area contributed by atoms with E-state index in [1.165, 1.54) is 6.07 Å². The molecular formula is C13H11F3N2O4S. The number of hydrogen-bond acceptors (Lipinski definition) is 4. The summed E-state index contributed by atoms with van der Waals surface area (Å²) in [5.74, 6) is -2.01. The number of carboxylic acid groups (broad SMARTS) is 1. The average molecular weight is 348 g/mol. The first-order valence-corrected chi connectivity index (χ1v) is 7.85. The molecule has 1 aromatic rings. The first kappa shape index (κ1) is 17.2. The van der Waals surface area contributed by atoms with Gasteiger partial charge in [0, 0.05) is 13.1 Å². The zero-order chi connectivity index (χ0) is 17.4. The van der Waals surface area contributed by atoms with Crippen molar-refractivity contribution in [3.63, 3.8) is 0 Å². The van der Waals surface area contributed by atoms with Crippen molar-refractivity contribution in [2.75, 3.05) is 13.1 Å². The minimum Gasteiger partial charge on any atom is -0.481 e. The number of sulfonamides is 1. The molecule has 0 aromatic heterocycles. The Kier molecular flexibility index (Phi) is 4.37. The summed E-state index contributed by atoms with van der Waals surface area (Å²) in [5.41, 5.74) is -1.75. The van der Waals surface area contributed by atoms with Gasteiger partial charge in [0.05, 0.1) is 21.9 Å². The van der Waals surface area contributed by atoms with Crippen molar-refractivity contribution in [3.8, 4) is 6.07 Å². The largest absolute Gasteiger partial charge is 0.481 e. The van der Waals surface area contributed by atoms with Gasteiger partial charge in [-0.15, -0.1) is 0 Å². The summed E-state index contributed by atoms with van der Waals surface area (Å²) in [6.45, 7) is -0.339. The van der Waals surface area contributed by atoms with Crippen LogP contribution in [0, 0.1) is 17.2 Å². The van der Waals surface area contributed by atoms with E-state index in [0.29, 0.717) is 12.1 Å². The monoisotopic (exact) mass is 348 g/mol. The number of halogens is 3. The van der Waals surface area contributed by atoms with Crippen molar-refractivity contribution in [1.82, 2.24) is 4.31 Å². The van der Waals surface area contributed by atoms with E-state index in [4.69, 9.17) is 10.4 Å². The normalized spacial score (nSPS) is 19.5. The highest BCUT2D eigenvalue weighted by Crippen LogP contribution is 2.33. The smallest absolute Gasteiger partial charge is 0.416 e. The molecule has 6 nitrogen and oxygen atoms in total. The van der Waals surface area contributed by atoms with Gasteiger partial charge in [-0.1, -0.05) is 0 Å². The molecule has 1 aliphatic rings. The second kappa shape index (κ2) is 5.82. The lowest BCUT2D eigenvalue weighted by molar-refractivity contribution is -0.141. The highest BCUT2D eigenvalue weighted by molar-refractivity contribution is 7.89. The third-order valence-corrected chi connectivity index (χ3v) is 5.47. The molecule has 1 heterocycles. The third kappa shape index (κ3) is 3.30. The SMILES string of the molecule is N#Cc1cc(C(F)(F)F)ccc1S(=O)(=O)N1CCC(C(=O)O)C1. The summed E-state index contributed by atoms with van der Waals surface area (Å²) >= 11 is 0. The van der Waals surface area contributed by atoms with E-state index in [2.05, 4.69) is 0 Å². The summed E-state index contributed by atoms with van der Waals surface area (Å²) in [5, 5.41) is 17.9. The summed E-state index contributed by atoms with van der Waals surface area (Å²) in [7, 11) is -4.23. The topological polar surface area (TPSA) is 98.5 Å². The number of benzene rings is 1. The maximum Gasteiger partial charge on any atom is 0.416 e. The van der Waals surface area contributed by atoms with Gasteiger partial charge in [0.25, 0.3) is 0 Å². The van der Waals surface area contributed by atoms with Gasteiger partial charge >= 0.3 is 12.1 Å². The first-order valence-electron chi connectivity index (χ1n) is 6.41. The van der Waals surface area contributed by atoms with Crippen molar-refractivity contribution >= 4 is 16.0 Å². The molecule has 1 fully saturated rings. The van der Waals surface area contributed by atoms with E-state index in [1.54, 1.807) is 0 Å². The maximum absolute atomic E-state index is 12.6. The third-order valence-electron chi connectivity index (χ3n) is 3.55. The molecule has 2 rings (SSSR count). The fraction of sp³-hybridized carbons (Fsp3) is 0.385. The van der Waals surface area contributed by atoms with Crippen LogP contribution in [0.3, 0.4) is 0 Å². The lowest BCUT2D eigenvalue weighted by Crippen LogP contribution is -2.30. The van der Waals surface area contributed by atoms with E-state index < -0.39 is 44.1 Å². The van der Waals surface area contributed by atoms with Gasteiger partial charge in [0.1, 0.15) is 6.07 Å². The molecule has 0 radical (unpaired) electrons. The van der Waals surface area contributed by atoms with E-state index in [-0.39, 0.29) is 19.5 Å². The molecule has 0 bridgehead atoms. The predicted molar refractivity (Wildman–Crippen MR) is 70.7 cm³/mol. The van der Waals surface area contributed by atoms with E-state index in [0.717, 1.165) is 10.4 Å². The molecule has 0 amide bonds. The fourth-order valence-electron chi connectivity index (χ4n) is 2.31. The Morgan fingerprint density at radius 3 is 2.52 bits per heavy atom. The molecule has 0 spiro atoms. The highest BCUT2D eigenvalue weighted by atomic mass is 32.2. The minimum atomic E-state index is -4.70. The lowest BCUT2D eigenvalue weighted by atomic mass is 10.1. The van der Waals surface area contributed by atoms with Crippen LogP contribution in [0.5, 0.6) is 0 Å². The second-order valence-electron chi connectivity index (χ2n) is 5.01. The van der Waals surface area contributed by atoms with Crippen molar-refractivity contribution in [3.05, 3.63) is 29.3 Å². The van der Waals surface area contributed by atoms with Crippen LogP contribution in [0.1, 0.15) is 17.5 Å². The van der Waals surface area contributed by atoms with Crippen LogP contribution >= 0.6 is 0 Å². The molecule has 1 unspecified atom stereocenters. The van der Waals surface area contributed by atoms with Gasteiger partial charge in [-0.25, -0.2) is 8.42 Å². The number of carbonyl (C=O) groups is 1. The van der Waals surface area contributed by atoms with Gasteiger partial charge < -0.3 is 5.11 Å². The van der Waals surface area contributed by atoms with E-state index >= 15 is 0 Å². The van der Waals surface area contributed by atoms with Crippen molar-refractivity contribution in [1.29, 1.82) is 5.26 Å². The molecule has 0 saturated carbocycles. The van der Waals surface area contributed by atoms with Crippen LogP contribution < -0.4 is 0 Å². The first-order chi connectivity index (χ1) is 10.6. The molecule has 1 saturated heterocycles. The van der Waals surface area contributed by atoms with E-state index in [1.807, 2.05) is 0 Å². The average Bonchev–Trinajstić information content (AvgIpc) is 2.96. The van der Waals surface area contributed by atoms with Crippen LogP contribution in [-0.4, -0.2) is 36.9 Å². The summed E-state index contributed by atoms with van der Waals surface area (Å²) in [6.07, 6.45) is -4.59. The molecule has 0 aliphatic carbocycles. The number of rotatable bonds is 3. The quantitative estimate of drug-likeness (QED) is 0.896. The highest BCUT2D eigenvalue weighted by Gasteiger charge is 2.38. The Morgan fingerprint density at radius 1 is 1.39 bits per heavy atom. The van der Waals surface area contributed by atoms with Crippen LogP contribution in [-0.2, 0) is 21.0 Å². The number of carboxylic acids is 1. The number of aliphatic carboxylic acids is 1. The minimum absolute atomic E-state index is 0.0643. The van der Waals surface area contributed by atoms with Crippen LogP contribution in [0.15, 0.2) is 23.1 Å². The maximum atomic E-state index is 12.6. The van der Waals surface area contributed by atoms with Gasteiger partial charge in [0.2, 0.25) is 10.0 Å². The number of nitriles is 1. The van der Waals surface area contributed by atoms with Crippen LogP contribution in [0.2, 0.25) is 0 Å². The lowest BCUT2D eigenvalue weighted by Gasteiger charge is -2.17. The Bertz CT molecular complexity index is 783. The van der Waals surface area contributed by atoms with Crippen molar-refractivity contribution in [2.24, 2.45) is 5.92 Å². The van der Waals surface area contributed by atoms with Crippen molar-refractivity contribution in [2.45, 2.75) is 17.5 Å². The van der Waals surface area contributed by atoms with Crippen molar-refractivity contribution < 1.29 is 31.5 Å². The second-order valence-corrected chi connectivity index (χ2v) is 6.91. The Balaban J connectivity index is 2.42. The molecule has 1 N–H and O–H groups in total. The van der Waals surface area contributed by atoms with Gasteiger partial charge in [-0.3, -0.25) is 4.79 Å². The van der Waals surface area contributed by atoms with Gasteiger partial charge in [-0.2, -0.15) is 22.7 Å². The van der Waals surface area contributed by atoms with Gasteiger partial charge in [0.15, 0.2) is 0 Å². The zero-order valence-corrected chi connectivity index (χ0v) is 12.4. The van der Waals surface area contributed by atoms with E-state index in [9.17, 15) is 26.4 Å². The molecule has 1 aliphatic heterocycles. The summed E-state index contributed by atoms with van der Waals surface area (Å²) < 4.78 is 63.7. The Morgan fingerprint density at radius 2 is 2.04 bits per heavy atom. The summed E-state index contributed by atoms with van der Waals surface area (Å²) in [6, 6.07) is 3.23. The summed E-state index contributed by atoms with van der Waals surface area (Å²) in [4.78, 5) is 10.3. The standard InChI is InChI=1S/C13H11F3N2O4S/c14-13(15,16)10-1-2-11(9(5-10)6-17)23(21,22)18-4-3-8(7-18)12(19)20/h1-2,5,8H,3-4,7H2,(H,19,20). The fourth-order valence-corrected chi connectivity index (χ4v) is 3.93. The number of nitrogens with zero attached hydrogens (tertiary/aromatic N) is 2. The molecule has 23 heavy (non-hydrogen) atoms. The van der Waals surface area contributed by atoms with Gasteiger partial charge in [-0.05, 0) is 24.6 Å². The van der Waals surface area contributed by atoms with Crippen LogP contribution in [0.25, 0.3) is 0 Å².